The van der Waals surface area contributed by atoms with Crippen LogP contribution < -0.4 is 5.32 Å². The Morgan fingerprint density at radius 3 is 2.72 bits per heavy atom. The number of benzene rings is 1. The van der Waals surface area contributed by atoms with E-state index in [4.69, 9.17) is 0 Å². The summed E-state index contributed by atoms with van der Waals surface area (Å²) in [6.07, 6.45) is 3.24. The van der Waals surface area contributed by atoms with Crippen LogP contribution in [0.3, 0.4) is 0 Å². The van der Waals surface area contributed by atoms with Crippen LogP contribution in [0.5, 0.6) is 0 Å². The molecule has 2 aliphatic rings. The molecule has 6 heteroatoms. The topological polar surface area (TPSA) is 55.8 Å². The first kappa shape index (κ1) is 18.3. The van der Waals surface area contributed by atoms with E-state index in [2.05, 4.69) is 17.3 Å². The predicted octanol–water partition coefficient (Wildman–Crippen LogP) is 1.36. The van der Waals surface area contributed by atoms with Crippen molar-refractivity contribution in [3.63, 3.8) is 0 Å². The molecule has 0 bridgehead atoms. The highest BCUT2D eigenvalue weighted by Crippen LogP contribution is 2.25. The van der Waals surface area contributed by atoms with Gasteiger partial charge in [0.15, 0.2) is 5.60 Å². The zero-order valence-corrected chi connectivity index (χ0v) is 14.9. The highest BCUT2D eigenvalue weighted by Gasteiger charge is 2.42. The van der Waals surface area contributed by atoms with Gasteiger partial charge in [-0.25, -0.2) is 4.39 Å². The number of carbonyl (C=O) groups is 1. The van der Waals surface area contributed by atoms with Crippen molar-refractivity contribution in [3.8, 4) is 0 Å². The number of hydrogen-bond acceptors (Lipinski definition) is 4. The van der Waals surface area contributed by atoms with Gasteiger partial charge < -0.3 is 20.2 Å². The molecule has 3 rings (SSSR count). The number of aliphatic hydroxyl groups is 1. The number of piperidine rings is 2. The zero-order valence-electron chi connectivity index (χ0n) is 14.9. The van der Waals surface area contributed by atoms with E-state index < -0.39 is 5.60 Å². The second-order valence-corrected chi connectivity index (χ2v) is 7.41. The van der Waals surface area contributed by atoms with Crippen LogP contribution in [0.4, 0.5) is 4.39 Å². The molecular formula is C19H28FN3O2. The van der Waals surface area contributed by atoms with Crippen LogP contribution in [0.25, 0.3) is 0 Å². The van der Waals surface area contributed by atoms with Crippen molar-refractivity contribution >= 4 is 5.91 Å². The minimum absolute atomic E-state index is 0.210. The average Bonchev–Trinajstić information content (AvgIpc) is 2.61. The van der Waals surface area contributed by atoms with Crippen LogP contribution in [-0.4, -0.2) is 65.7 Å². The summed E-state index contributed by atoms with van der Waals surface area (Å²) < 4.78 is 13.9. The lowest BCUT2D eigenvalue weighted by Gasteiger charge is -2.40. The summed E-state index contributed by atoms with van der Waals surface area (Å²) in [7, 11) is 2.11. The quantitative estimate of drug-likeness (QED) is 0.843. The van der Waals surface area contributed by atoms with Crippen LogP contribution >= 0.6 is 0 Å². The lowest BCUT2D eigenvalue weighted by atomic mass is 9.90. The van der Waals surface area contributed by atoms with Crippen molar-refractivity contribution in [2.45, 2.75) is 43.9 Å². The Morgan fingerprint density at radius 2 is 2.00 bits per heavy atom. The van der Waals surface area contributed by atoms with Crippen LogP contribution in [0.15, 0.2) is 24.3 Å². The van der Waals surface area contributed by atoms with E-state index in [9.17, 15) is 14.3 Å². The first-order valence-corrected chi connectivity index (χ1v) is 9.15. The lowest BCUT2D eigenvalue weighted by Crippen LogP contribution is -2.59. The number of nitrogens with zero attached hydrogens (tertiary/aromatic N) is 2. The van der Waals surface area contributed by atoms with Crippen molar-refractivity contribution in [1.29, 1.82) is 0 Å². The van der Waals surface area contributed by atoms with Crippen molar-refractivity contribution in [3.05, 3.63) is 35.6 Å². The van der Waals surface area contributed by atoms with Gasteiger partial charge in [-0.3, -0.25) is 4.79 Å². The Labute approximate surface area is 148 Å². The number of amides is 1. The van der Waals surface area contributed by atoms with Gasteiger partial charge in [-0.15, -0.1) is 0 Å². The fourth-order valence-corrected chi connectivity index (χ4v) is 3.74. The third-order valence-electron chi connectivity index (χ3n) is 5.42. The van der Waals surface area contributed by atoms with Crippen molar-refractivity contribution in [1.82, 2.24) is 15.1 Å². The highest BCUT2D eigenvalue weighted by molar-refractivity contribution is 5.86. The van der Waals surface area contributed by atoms with Gasteiger partial charge in [0.05, 0.1) is 0 Å². The van der Waals surface area contributed by atoms with E-state index in [1.807, 2.05) is 0 Å². The van der Waals surface area contributed by atoms with Gasteiger partial charge >= 0.3 is 0 Å². The molecular weight excluding hydrogens is 321 g/mol. The minimum atomic E-state index is -1.38. The summed E-state index contributed by atoms with van der Waals surface area (Å²) in [5, 5.41) is 14.3. The van der Waals surface area contributed by atoms with Crippen LogP contribution in [0.1, 0.15) is 31.2 Å². The lowest BCUT2D eigenvalue weighted by molar-refractivity contribution is -0.157. The average molecular weight is 349 g/mol. The van der Waals surface area contributed by atoms with Gasteiger partial charge in [0.25, 0.3) is 5.91 Å². The molecule has 138 valence electrons. The number of halogens is 1. The number of rotatable bonds is 5. The Bertz CT molecular complexity index is 604. The van der Waals surface area contributed by atoms with Crippen LogP contribution in [0.2, 0.25) is 0 Å². The normalized spacial score (nSPS) is 26.2. The maximum absolute atomic E-state index is 13.9. The van der Waals surface area contributed by atoms with E-state index >= 15 is 0 Å². The van der Waals surface area contributed by atoms with Crippen molar-refractivity contribution < 1.29 is 14.3 Å². The van der Waals surface area contributed by atoms with E-state index in [0.29, 0.717) is 24.6 Å². The zero-order chi connectivity index (χ0) is 17.9. The van der Waals surface area contributed by atoms with Crippen molar-refractivity contribution in [2.75, 3.05) is 33.2 Å². The number of hydrogen-bond donors (Lipinski definition) is 2. The molecule has 0 aromatic heterocycles. The first-order valence-electron chi connectivity index (χ1n) is 9.15. The monoisotopic (exact) mass is 349 g/mol. The molecule has 2 fully saturated rings. The summed E-state index contributed by atoms with van der Waals surface area (Å²) in [5.41, 5.74) is -0.893. The smallest absolute Gasteiger partial charge is 0.256 e. The number of nitrogens with one attached hydrogen (secondary N) is 1. The van der Waals surface area contributed by atoms with Crippen LogP contribution in [0, 0.1) is 5.82 Å². The Hall–Kier alpha value is -1.50. The van der Waals surface area contributed by atoms with Gasteiger partial charge in [-0.2, -0.15) is 0 Å². The fraction of sp³-hybridized carbons (Fsp3) is 0.632. The van der Waals surface area contributed by atoms with E-state index in [1.165, 1.54) is 6.07 Å². The molecule has 0 saturated carbocycles. The fourth-order valence-electron chi connectivity index (χ4n) is 3.74. The van der Waals surface area contributed by atoms with E-state index in [1.54, 1.807) is 23.1 Å². The molecule has 1 amide bonds. The molecule has 25 heavy (non-hydrogen) atoms. The summed E-state index contributed by atoms with van der Waals surface area (Å²) in [6, 6.07) is 6.83. The molecule has 2 N–H and O–H groups in total. The molecule has 1 aromatic rings. The van der Waals surface area contributed by atoms with Gasteiger partial charge in [-0.05, 0) is 51.9 Å². The summed E-state index contributed by atoms with van der Waals surface area (Å²) in [4.78, 5) is 16.7. The van der Waals surface area contributed by atoms with E-state index in [-0.39, 0.29) is 24.8 Å². The molecule has 2 heterocycles. The predicted molar refractivity (Wildman–Crippen MR) is 94.5 cm³/mol. The summed E-state index contributed by atoms with van der Waals surface area (Å²) in [6.45, 7) is 3.10. The Balaban J connectivity index is 1.59. The van der Waals surface area contributed by atoms with Gasteiger partial charge in [-0.1, -0.05) is 18.2 Å². The Kier molecular flexibility index (Phi) is 5.71. The van der Waals surface area contributed by atoms with Gasteiger partial charge in [0.2, 0.25) is 0 Å². The maximum Gasteiger partial charge on any atom is 0.256 e. The second-order valence-electron chi connectivity index (χ2n) is 7.41. The maximum atomic E-state index is 13.9. The molecule has 5 nitrogen and oxygen atoms in total. The number of carbonyl (C=O) groups excluding carboxylic acids is 1. The third kappa shape index (κ3) is 4.37. The molecule has 2 saturated heterocycles. The van der Waals surface area contributed by atoms with Gasteiger partial charge in [0.1, 0.15) is 5.82 Å². The molecule has 0 aliphatic carbocycles. The molecule has 1 aromatic carbocycles. The Morgan fingerprint density at radius 1 is 1.28 bits per heavy atom. The third-order valence-corrected chi connectivity index (χ3v) is 5.42. The molecule has 0 radical (unpaired) electrons. The van der Waals surface area contributed by atoms with Crippen molar-refractivity contribution in [2.24, 2.45) is 0 Å². The minimum Gasteiger partial charge on any atom is -0.379 e. The summed E-state index contributed by atoms with van der Waals surface area (Å²) >= 11 is 0. The molecule has 0 unspecified atom stereocenters. The standard InChI is InChI=1S/C19H28FN3O2/c1-22-11-7-16(8-12-22)21-14-19(25)9-4-10-23(18(19)24)13-15-5-2-3-6-17(15)20/h2-3,5-6,16,21,25H,4,7-14H2,1H3/t19-/m0/s1. The molecule has 2 aliphatic heterocycles. The first-order chi connectivity index (χ1) is 12.0. The second kappa shape index (κ2) is 7.81. The largest absolute Gasteiger partial charge is 0.379 e. The molecule has 0 spiro atoms. The molecule has 1 atom stereocenters. The number of likely N-dealkylation sites (tertiary alicyclic amines) is 2. The SMILES string of the molecule is CN1CCC(NC[C@@]2(O)CCCN(Cc3ccccc3F)C2=O)CC1. The highest BCUT2D eigenvalue weighted by atomic mass is 19.1. The summed E-state index contributed by atoms with van der Waals surface area (Å²) in [5.74, 6) is -0.601. The van der Waals surface area contributed by atoms with Crippen LogP contribution in [-0.2, 0) is 11.3 Å². The van der Waals surface area contributed by atoms with Gasteiger partial charge in [0, 0.05) is 31.2 Å². The van der Waals surface area contributed by atoms with E-state index in [0.717, 1.165) is 32.4 Å².